The highest BCUT2D eigenvalue weighted by molar-refractivity contribution is 7.80. The molecule has 1 aromatic carbocycles. The summed E-state index contributed by atoms with van der Waals surface area (Å²) < 4.78 is 0. The quantitative estimate of drug-likeness (QED) is 0.776. The summed E-state index contributed by atoms with van der Waals surface area (Å²) in [5.74, 6) is 0. The maximum absolute atomic E-state index is 5.21. The fourth-order valence-electron chi connectivity index (χ4n) is 1.44. The van der Waals surface area contributed by atoms with Gasteiger partial charge in [0.15, 0.2) is 5.11 Å². The molecule has 0 bridgehead atoms. The van der Waals surface area contributed by atoms with Crippen molar-refractivity contribution in [3.63, 3.8) is 0 Å². The first-order valence-corrected chi connectivity index (χ1v) is 6.21. The summed E-state index contributed by atoms with van der Waals surface area (Å²) in [4.78, 5) is 2.12. The molecule has 94 valence electrons. The van der Waals surface area contributed by atoms with Gasteiger partial charge in [0.25, 0.3) is 0 Å². The lowest BCUT2D eigenvalue weighted by Crippen LogP contribution is -2.38. The number of thiocarbonyl (C=S) groups is 1. The van der Waals surface area contributed by atoms with Crippen LogP contribution >= 0.6 is 12.2 Å². The van der Waals surface area contributed by atoms with E-state index in [1.54, 1.807) is 0 Å². The van der Waals surface area contributed by atoms with Gasteiger partial charge in [-0.05, 0) is 44.4 Å². The number of hydrogen-bond donors (Lipinski definition) is 2. The third-order valence-electron chi connectivity index (χ3n) is 2.55. The van der Waals surface area contributed by atoms with Crippen LogP contribution in [0.25, 0.3) is 0 Å². The zero-order valence-electron chi connectivity index (χ0n) is 10.8. The Labute approximate surface area is 109 Å². The number of benzene rings is 1. The van der Waals surface area contributed by atoms with E-state index in [1.165, 1.54) is 11.1 Å². The molecular weight excluding hydrogens is 230 g/mol. The van der Waals surface area contributed by atoms with Crippen molar-refractivity contribution in [3.8, 4) is 0 Å². The lowest BCUT2D eigenvalue weighted by Gasteiger charge is -2.14. The second-order valence-electron chi connectivity index (χ2n) is 4.34. The van der Waals surface area contributed by atoms with Gasteiger partial charge in [0.1, 0.15) is 0 Å². The summed E-state index contributed by atoms with van der Waals surface area (Å²) in [6.45, 7) is 4.73. The van der Waals surface area contributed by atoms with Crippen molar-refractivity contribution >= 4 is 17.3 Å². The van der Waals surface area contributed by atoms with Crippen LogP contribution in [0.4, 0.5) is 0 Å². The maximum Gasteiger partial charge on any atom is 0.166 e. The van der Waals surface area contributed by atoms with Gasteiger partial charge in [-0.1, -0.05) is 24.3 Å². The minimum atomic E-state index is 0.718. The summed E-state index contributed by atoms with van der Waals surface area (Å²) in [6.07, 6.45) is 0. The van der Waals surface area contributed by atoms with Crippen LogP contribution in [0.5, 0.6) is 0 Å². The predicted octanol–water partition coefficient (Wildman–Crippen LogP) is 1.52. The van der Waals surface area contributed by atoms with Crippen molar-refractivity contribution in [1.82, 2.24) is 15.5 Å². The Morgan fingerprint density at radius 1 is 1.24 bits per heavy atom. The van der Waals surface area contributed by atoms with Gasteiger partial charge in [-0.2, -0.15) is 0 Å². The van der Waals surface area contributed by atoms with Crippen molar-refractivity contribution < 1.29 is 0 Å². The van der Waals surface area contributed by atoms with E-state index in [4.69, 9.17) is 12.2 Å². The van der Waals surface area contributed by atoms with Gasteiger partial charge in [0.2, 0.25) is 0 Å². The third kappa shape index (κ3) is 5.65. The van der Waals surface area contributed by atoms with E-state index < -0.39 is 0 Å². The highest BCUT2D eigenvalue weighted by atomic mass is 32.1. The fourth-order valence-corrected chi connectivity index (χ4v) is 1.61. The lowest BCUT2D eigenvalue weighted by molar-refractivity contribution is 0.412. The third-order valence-corrected chi connectivity index (χ3v) is 2.83. The molecule has 0 fully saturated rings. The van der Waals surface area contributed by atoms with Crippen molar-refractivity contribution in [2.24, 2.45) is 0 Å². The minimum absolute atomic E-state index is 0.718. The summed E-state index contributed by atoms with van der Waals surface area (Å²) in [5.41, 5.74) is 2.57. The van der Waals surface area contributed by atoms with Crippen molar-refractivity contribution in [3.05, 3.63) is 35.4 Å². The first-order valence-electron chi connectivity index (χ1n) is 5.80. The first kappa shape index (κ1) is 13.9. The molecule has 0 aliphatic carbocycles. The Hall–Kier alpha value is -1.13. The molecular formula is C13H21N3S. The molecule has 0 amide bonds. The lowest BCUT2D eigenvalue weighted by atomic mass is 10.1. The zero-order chi connectivity index (χ0) is 12.7. The number of nitrogens with zero attached hydrogens (tertiary/aromatic N) is 1. The maximum atomic E-state index is 5.21. The molecule has 0 heterocycles. The van der Waals surface area contributed by atoms with Crippen LogP contribution in [0.1, 0.15) is 11.1 Å². The monoisotopic (exact) mass is 251 g/mol. The number of nitrogens with one attached hydrogen (secondary N) is 2. The van der Waals surface area contributed by atoms with Gasteiger partial charge < -0.3 is 15.5 Å². The van der Waals surface area contributed by atoms with Crippen molar-refractivity contribution in [1.29, 1.82) is 0 Å². The van der Waals surface area contributed by atoms with Crippen LogP contribution in [0.15, 0.2) is 24.3 Å². The van der Waals surface area contributed by atoms with Crippen molar-refractivity contribution in [2.45, 2.75) is 13.5 Å². The fraction of sp³-hybridized carbons (Fsp3) is 0.462. The van der Waals surface area contributed by atoms with E-state index in [0.717, 1.165) is 24.7 Å². The molecule has 17 heavy (non-hydrogen) atoms. The number of hydrogen-bond acceptors (Lipinski definition) is 2. The Balaban J connectivity index is 2.26. The molecule has 0 aliphatic rings. The summed E-state index contributed by atoms with van der Waals surface area (Å²) >= 11 is 5.21. The molecule has 3 nitrogen and oxygen atoms in total. The van der Waals surface area contributed by atoms with Crippen LogP contribution in [-0.2, 0) is 6.54 Å². The average molecular weight is 251 g/mol. The van der Waals surface area contributed by atoms with Gasteiger partial charge in [0, 0.05) is 19.6 Å². The van der Waals surface area contributed by atoms with E-state index in [1.807, 2.05) is 26.2 Å². The minimum Gasteiger partial charge on any atom is -0.361 e. The molecule has 1 aromatic rings. The summed E-state index contributed by atoms with van der Waals surface area (Å²) in [7, 11) is 4.09. The molecule has 0 spiro atoms. The van der Waals surface area contributed by atoms with Crippen LogP contribution < -0.4 is 10.6 Å². The van der Waals surface area contributed by atoms with Gasteiger partial charge in [-0.3, -0.25) is 0 Å². The number of rotatable bonds is 5. The SMILES string of the molecule is Cc1ccccc1CNC(=S)NCCN(C)C. The Morgan fingerprint density at radius 2 is 1.94 bits per heavy atom. The van der Waals surface area contributed by atoms with Gasteiger partial charge in [-0.15, -0.1) is 0 Å². The Kier molecular flexibility index (Phi) is 5.94. The average Bonchev–Trinajstić information content (AvgIpc) is 2.27. The molecule has 0 atom stereocenters. The van der Waals surface area contributed by atoms with E-state index in [0.29, 0.717) is 0 Å². The molecule has 2 N–H and O–H groups in total. The molecule has 0 unspecified atom stereocenters. The Morgan fingerprint density at radius 3 is 2.59 bits per heavy atom. The second-order valence-corrected chi connectivity index (χ2v) is 4.75. The number of likely N-dealkylation sites (N-methyl/N-ethyl adjacent to an activating group) is 1. The molecule has 0 saturated carbocycles. The predicted molar refractivity (Wildman–Crippen MR) is 77.2 cm³/mol. The van der Waals surface area contributed by atoms with Crippen LogP contribution in [-0.4, -0.2) is 37.2 Å². The molecule has 0 radical (unpaired) electrons. The van der Waals surface area contributed by atoms with E-state index in [9.17, 15) is 0 Å². The van der Waals surface area contributed by atoms with E-state index in [2.05, 4.69) is 34.6 Å². The molecule has 0 aromatic heterocycles. The first-order chi connectivity index (χ1) is 8.09. The topological polar surface area (TPSA) is 27.3 Å². The van der Waals surface area contributed by atoms with Gasteiger partial charge in [-0.25, -0.2) is 0 Å². The summed E-state index contributed by atoms with van der Waals surface area (Å²) in [6, 6.07) is 8.32. The molecule has 1 rings (SSSR count). The highest BCUT2D eigenvalue weighted by Gasteiger charge is 1.98. The van der Waals surface area contributed by atoms with Crippen LogP contribution in [0.3, 0.4) is 0 Å². The van der Waals surface area contributed by atoms with Crippen molar-refractivity contribution in [2.75, 3.05) is 27.2 Å². The van der Waals surface area contributed by atoms with Gasteiger partial charge >= 0.3 is 0 Å². The van der Waals surface area contributed by atoms with E-state index in [-0.39, 0.29) is 0 Å². The smallest absolute Gasteiger partial charge is 0.166 e. The van der Waals surface area contributed by atoms with Crippen LogP contribution in [0.2, 0.25) is 0 Å². The number of aryl methyl sites for hydroxylation is 1. The highest BCUT2D eigenvalue weighted by Crippen LogP contribution is 2.05. The molecule has 0 aliphatic heterocycles. The molecule has 0 saturated heterocycles. The largest absolute Gasteiger partial charge is 0.361 e. The molecule has 4 heteroatoms. The van der Waals surface area contributed by atoms with Crippen LogP contribution in [0, 0.1) is 6.92 Å². The van der Waals surface area contributed by atoms with E-state index >= 15 is 0 Å². The summed E-state index contributed by atoms with van der Waals surface area (Å²) in [5, 5.41) is 7.12. The standard InChI is InChI=1S/C13H21N3S/c1-11-6-4-5-7-12(11)10-15-13(17)14-8-9-16(2)3/h4-7H,8-10H2,1-3H3,(H2,14,15,17). The second kappa shape index (κ2) is 7.25. The Bertz CT molecular complexity index is 363. The van der Waals surface area contributed by atoms with Gasteiger partial charge in [0.05, 0.1) is 0 Å². The zero-order valence-corrected chi connectivity index (χ0v) is 11.6. The normalized spacial score (nSPS) is 10.4.